The van der Waals surface area contributed by atoms with Crippen LogP contribution in [0.15, 0.2) is 40.8 Å². The Bertz CT molecular complexity index is 1430. The van der Waals surface area contributed by atoms with Crippen LogP contribution in [-0.2, 0) is 19.6 Å². The Kier molecular flexibility index (Phi) is 7.33. The molecule has 2 aromatic carbocycles. The zero-order valence-electron chi connectivity index (χ0n) is 20.1. The highest BCUT2D eigenvalue weighted by Gasteiger charge is 2.27. The van der Waals surface area contributed by atoms with Gasteiger partial charge in [0.05, 0.1) is 29.2 Å². The highest BCUT2D eigenvalue weighted by molar-refractivity contribution is 6.02. The fourth-order valence-corrected chi connectivity index (χ4v) is 3.70. The maximum atomic E-state index is 14.1. The molecule has 11 heteroatoms. The van der Waals surface area contributed by atoms with Crippen LogP contribution in [0.1, 0.15) is 45.8 Å². The van der Waals surface area contributed by atoms with Gasteiger partial charge < -0.3 is 14.5 Å². The van der Waals surface area contributed by atoms with E-state index in [0.29, 0.717) is 11.5 Å². The Balaban J connectivity index is 1.46. The summed E-state index contributed by atoms with van der Waals surface area (Å²) in [4.78, 5) is 12.7. The van der Waals surface area contributed by atoms with Crippen molar-refractivity contribution in [3.8, 4) is 5.75 Å². The quantitative estimate of drug-likeness (QED) is 0.170. The summed E-state index contributed by atoms with van der Waals surface area (Å²) in [6.07, 6.45) is 0.909. The van der Waals surface area contributed by atoms with Crippen molar-refractivity contribution in [1.29, 1.82) is 0 Å². The third-order valence-corrected chi connectivity index (χ3v) is 5.83. The second-order valence-electron chi connectivity index (χ2n) is 8.26. The number of halogens is 5. The number of anilines is 1. The van der Waals surface area contributed by atoms with Crippen molar-refractivity contribution in [2.24, 2.45) is 0 Å². The largest absolute Gasteiger partial charge is 0.486 e. The first-order valence-electron chi connectivity index (χ1n) is 11.3. The summed E-state index contributed by atoms with van der Waals surface area (Å²) >= 11 is 0. The predicted octanol–water partition coefficient (Wildman–Crippen LogP) is 6.23. The van der Waals surface area contributed by atoms with Gasteiger partial charge in [-0.25, -0.2) is 22.0 Å². The SMILES string of the molecule is CCc1ccc(OCc2ccc(C(=O)Nc3c(C)nn(Cc4c(F)c(F)c(F)c(F)c4F)c3C)o2)cc1. The molecule has 0 spiro atoms. The number of carbonyl (C=O) groups is 1. The van der Waals surface area contributed by atoms with Crippen molar-refractivity contribution < 1.29 is 35.9 Å². The lowest BCUT2D eigenvalue weighted by molar-refractivity contribution is 0.0992. The summed E-state index contributed by atoms with van der Waals surface area (Å²) in [5.74, 6) is -9.81. The lowest BCUT2D eigenvalue weighted by atomic mass is 10.1. The standard InChI is InChI=1S/C26H22F5N3O3/c1-4-15-5-7-16(8-6-15)36-12-17-9-10-19(37-17)26(35)32-25-13(2)33-34(14(25)3)11-18-20(27)22(29)24(31)23(30)21(18)28/h5-10H,4,11-12H2,1-3H3,(H,32,35). The number of hydrogen-bond donors (Lipinski definition) is 1. The van der Waals surface area contributed by atoms with E-state index in [2.05, 4.69) is 10.4 Å². The van der Waals surface area contributed by atoms with Gasteiger partial charge in [-0.2, -0.15) is 5.10 Å². The highest BCUT2D eigenvalue weighted by atomic mass is 19.2. The first-order valence-corrected chi connectivity index (χ1v) is 11.3. The van der Waals surface area contributed by atoms with Crippen molar-refractivity contribution >= 4 is 11.6 Å². The molecular formula is C26H22F5N3O3. The molecule has 0 aliphatic heterocycles. The van der Waals surface area contributed by atoms with E-state index in [0.717, 1.165) is 11.1 Å². The second-order valence-corrected chi connectivity index (χ2v) is 8.26. The number of furan rings is 1. The van der Waals surface area contributed by atoms with Gasteiger partial charge in [0.15, 0.2) is 29.0 Å². The number of amides is 1. The van der Waals surface area contributed by atoms with E-state index >= 15 is 0 Å². The van der Waals surface area contributed by atoms with Crippen molar-refractivity contribution in [2.75, 3.05) is 5.32 Å². The highest BCUT2D eigenvalue weighted by Crippen LogP contribution is 2.27. The summed E-state index contributed by atoms with van der Waals surface area (Å²) in [6.45, 7) is 4.40. The lowest BCUT2D eigenvalue weighted by Gasteiger charge is -2.10. The summed E-state index contributed by atoms with van der Waals surface area (Å²) in [5, 5.41) is 6.69. The Morgan fingerprint density at radius 1 is 0.946 bits per heavy atom. The van der Waals surface area contributed by atoms with Crippen molar-refractivity contribution in [1.82, 2.24) is 9.78 Å². The Hall–Kier alpha value is -4.15. The minimum atomic E-state index is -2.24. The molecule has 0 saturated heterocycles. The Morgan fingerprint density at radius 2 is 1.57 bits per heavy atom. The molecule has 0 bridgehead atoms. The van der Waals surface area contributed by atoms with E-state index in [9.17, 15) is 26.7 Å². The van der Waals surface area contributed by atoms with Crippen LogP contribution in [0.5, 0.6) is 5.75 Å². The summed E-state index contributed by atoms with van der Waals surface area (Å²) in [7, 11) is 0. The number of aryl methyl sites for hydroxylation is 2. The zero-order chi connectivity index (χ0) is 26.9. The van der Waals surface area contributed by atoms with Gasteiger partial charge in [-0.1, -0.05) is 19.1 Å². The number of nitrogens with one attached hydrogen (secondary N) is 1. The Morgan fingerprint density at radius 3 is 2.19 bits per heavy atom. The van der Waals surface area contributed by atoms with Crippen molar-refractivity contribution in [2.45, 2.75) is 40.3 Å². The van der Waals surface area contributed by atoms with Gasteiger partial charge in [0.1, 0.15) is 18.1 Å². The summed E-state index contributed by atoms with van der Waals surface area (Å²) in [6, 6.07) is 10.6. The summed E-state index contributed by atoms with van der Waals surface area (Å²) < 4.78 is 81.0. The maximum Gasteiger partial charge on any atom is 0.291 e. The monoisotopic (exact) mass is 519 g/mol. The van der Waals surface area contributed by atoms with Gasteiger partial charge in [-0.05, 0) is 50.1 Å². The van der Waals surface area contributed by atoms with E-state index in [-0.39, 0.29) is 29.4 Å². The van der Waals surface area contributed by atoms with Crippen LogP contribution < -0.4 is 10.1 Å². The lowest BCUT2D eigenvalue weighted by Crippen LogP contribution is -2.14. The van der Waals surface area contributed by atoms with Crippen LogP contribution in [0.25, 0.3) is 0 Å². The molecule has 0 aliphatic rings. The maximum absolute atomic E-state index is 14.1. The molecule has 6 nitrogen and oxygen atoms in total. The number of hydrogen-bond acceptors (Lipinski definition) is 4. The van der Waals surface area contributed by atoms with E-state index in [1.165, 1.54) is 25.5 Å². The van der Waals surface area contributed by atoms with Crippen molar-refractivity contribution in [3.05, 3.63) is 99.5 Å². The molecular weight excluding hydrogens is 497 g/mol. The minimum Gasteiger partial charge on any atom is -0.486 e. The van der Waals surface area contributed by atoms with E-state index in [1.54, 1.807) is 6.07 Å². The van der Waals surface area contributed by atoms with Crippen LogP contribution in [0.2, 0.25) is 0 Å². The number of ether oxygens (including phenoxy) is 1. The van der Waals surface area contributed by atoms with Gasteiger partial charge in [0, 0.05) is 0 Å². The number of rotatable bonds is 8. The fraction of sp³-hybridized carbons (Fsp3) is 0.231. The normalized spacial score (nSPS) is 11.1. The fourth-order valence-electron chi connectivity index (χ4n) is 3.70. The molecule has 1 amide bonds. The van der Waals surface area contributed by atoms with E-state index in [1.807, 2.05) is 31.2 Å². The molecule has 0 radical (unpaired) electrons. The van der Waals surface area contributed by atoms with Gasteiger partial charge in [0.25, 0.3) is 5.91 Å². The zero-order valence-corrected chi connectivity index (χ0v) is 20.1. The molecule has 4 aromatic rings. The molecule has 0 atom stereocenters. The van der Waals surface area contributed by atoms with Gasteiger partial charge in [0.2, 0.25) is 5.82 Å². The van der Waals surface area contributed by atoms with E-state index in [4.69, 9.17) is 9.15 Å². The average molecular weight is 519 g/mol. The number of nitrogens with zero attached hydrogens (tertiary/aromatic N) is 2. The smallest absolute Gasteiger partial charge is 0.291 e. The van der Waals surface area contributed by atoms with Gasteiger partial charge in [-0.15, -0.1) is 0 Å². The molecule has 0 aliphatic carbocycles. The van der Waals surface area contributed by atoms with Crippen LogP contribution in [0.3, 0.4) is 0 Å². The molecule has 0 saturated carbocycles. The first-order chi connectivity index (χ1) is 17.6. The van der Waals surface area contributed by atoms with Crippen molar-refractivity contribution in [3.63, 3.8) is 0 Å². The number of aromatic nitrogens is 2. The second kappa shape index (κ2) is 10.5. The number of benzene rings is 2. The topological polar surface area (TPSA) is 69.3 Å². The molecule has 0 unspecified atom stereocenters. The van der Waals surface area contributed by atoms with Crippen LogP contribution in [0.4, 0.5) is 27.6 Å². The summed E-state index contributed by atoms with van der Waals surface area (Å²) in [5.41, 5.74) is 0.838. The Labute approximate surface area is 208 Å². The molecule has 37 heavy (non-hydrogen) atoms. The van der Waals surface area contributed by atoms with Gasteiger partial charge >= 0.3 is 0 Å². The molecule has 4 rings (SSSR count). The molecule has 0 fully saturated rings. The molecule has 2 heterocycles. The van der Waals surface area contributed by atoms with Crippen LogP contribution in [0, 0.1) is 42.9 Å². The third kappa shape index (κ3) is 5.20. The first kappa shape index (κ1) is 25.9. The molecule has 1 N–H and O–H groups in total. The molecule has 194 valence electrons. The predicted molar refractivity (Wildman–Crippen MR) is 124 cm³/mol. The average Bonchev–Trinajstić information content (AvgIpc) is 3.48. The minimum absolute atomic E-state index is 0.0220. The number of carbonyl (C=O) groups excluding carboxylic acids is 1. The van der Waals surface area contributed by atoms with Crippen LogP contribution in [-0.4, -0.2) is 15.7 Å². The molecule has 2 aromatic heterocycles. The van der Waals surface area contributed by atoms with E-state index < -0.39 is 47.1 Å². The third-order valence-electron chi connectivity index (χ3n) is 5.83. The van der Waals surface area contributed by atoms with Crippen LogP contribution >= 0.6 is 0 Å². The van der Waals surface area contributed by atoms with Gasteiger partial charge in [-0.3, -0.25) is 9.48 Å².